The van der Waals surface area contributed by atoms with E-state index < -0.39 is 17.7 Å². The summed E-state index contributed by atoms with van der Waals surface area (Å²) in [5.41, 5.74) is 4.92. The van der Waals surface area contributed by atoms with E-state index in [4.69, 9.17) is 9.72 Å². The van der Waals surface area contributed by atoms with Crippen LogP contribution in [0, 0.1) is 12.7 Å². The number of aromatic nitrogens is 2. The molecule has 1 atom stereocenters. The smallest absolute Gasteiger partial charge is 0.337 e. The Labute approximate surface area is 242 Å². The summed E-state index contributed by atoms with van der Waals surface area (Å²) in [5.74, 6) is -0.478. The highest BCUT2D eigenvalue weighted by molar-refractivity contribution is 5.80. The van der Waals surface area contributed by atoms with Crippen molar-refractivity contribution in [2.45, 2.75) is 78.9 Å². The van der Waals surface area contributed by atoms with Gasteiger partial charge in [0, 0.05) is 30.4 Å². The Kier molecular flexibility index (Phi) is 9.49. The van der Waals surface area contributed by atoms with Crippen LogP contribution in [0.4, 0.5) is 10.2 Å². The fourth-order valence-electron chi connectivity index (χ4n) is 5.16. The van der Waals surface area contributed by atoms with Gasteiger partial charge in [-0.15, -0.1) is 0 Å². The van der Waals surface area contributed by atoms with Gasteiger partial charge < -0.3 is 14.7 Å². The molecule has 0 bridgehead atoms. The zero-order valence-electron chi connectivity index (χ0n) is 25.1. The van der Waals surface area contributed by atoms with E-state index in [1.54, 1.807) is 6.07 Å². The third-order valence-corrected chi connectivity index (χ3v) is 7.11. The number of imidazole rings is 1. The second-order valence-electron chi connectivity index (χ2n) is 11.7. The molecule has 7 heteroatoms. The van der Waals surface area contributed by atoms with Crippen molar-refractivity contribution in [1.29, 1.82) is 0 Å². The third kappa shape index (κ3) is 7.14. The van der Waals surface area contributed by atoms with E-state index in [0.29, 0.717) is 5.56 Å². The quantitative estimate of drug-likeness (QED) is 0.189. The molecule has 0 spiro atoms. The van der Waals surface area contributed by atoms with Crippen LogP contribution in [0.5, 0.6) is 0 Å². The number of carboxylic acids is 1. The number of aryl methyl sites for hydroxylation is 1. The first-order valence-corrected chi connectivity index (χ1v) is 14.6. The number of hydrogen-bond donors (Lipinski definition) is 1. The van der Waals surface area contributed by atoms with Crippen molar-refractivity contribution in [3.8, 4) is 22.4 Å². The van der Waals surface area contributed by atoms with Gasteiger partial charge in [-0.3, -0.25) is 4.40 Å². The number of hydrogen-bond acceptors (Lipinski definition) is 4. The van der Waals surface area contributed by atoms with Gasteiger partial charge in [0.2, 0.25) is 0 Å². The highest BCUT2D eigenvalue weighted by Gasteiger charge is 2.33. The van der Waals surface area contributed by atoms with E-state index in [9.17, 15) is 14.3 Å². The molecule has 218 valence electrons. The molecule has 4 rings (SSSR count). The van der Waals surface area contributed by atoms with Gasteiger partial charge in [-0.2, -0.15) is 0 Å². The van der Waals surface area contributed by atoms with Gasteiger partial charge in [-0.05, 0) is 81.5 Å². The summed E-state index contributed by atoms with van der Waals surface area (Å²) in [6, 6.07) is 16.4. The van der Waals surface area contributed by atoms with E-state index in [-0.39, 0.29) is 5.82 Å². The fraction of sp³-hybridized carbons (Fsp3) is 0.412. The number of nitrogens with zero attached hydrogens (tertiary/aromatic N) is 3. The van der Waals surface area contributed by atoms with Crippen LogP contribution in [0.1, 0.15) is 77.5 Å². The molecule has 0 aliphatic carbocycles. The Balaban J connectivity index is 1.94. The van der Waals surface area contributed by atoms with Crippen LogP contribution in [0.25, 0.3) is 28.0 Å². The molecule has 0 aliphatic rings. The maximum absolute atomic E-state index is 13.9. The number of carboxylic acid groups (broad SMARTS) is 1. The van der Waals surface area contributed by atoms with Gasteiger partial charge in [0.25, 0.3) is 0 Å². The maximum Gasteiger partial charge on any atom is 0.337 e. The monoisotopic (exact) mass is 559 g/mol. The average Bonchev–Trinajstić information content (AvgIpc) is 3.35. The highest BCUT2D eigenvalue weighted by atomic mass is 19.1. The summed E-state index contributed by atoms with van der Waals surface area (Å²) >= 11 is 0. The molecule has 0 amide bonds. The third-order valence-electron chi connectivity index (χ3n) is 7.11. The van der Waals surface area contributed by atoms with E-state index >= 15 is 0 Å². The number of unbranched alkanes of at least 4 members (excludes halogenated alkanes) is 2. The lowest BCUT2D eigenvalue weighted by atomic mass is 10.0. The second-order valence-corrected chi connectivity index (χ2v) is 11.7. The van der Waals surface area contributed by atoms with Crippen LogP contribution in [-0.4, -0.2) is 39.2 Å². The van der Waals surface area contributed by atoms with Crippen molar-refractivity contribution in [3.05, 3.63) is 77.7 Å². The predicted molar refractivity (Wildman–Crippen MR) is 164 cm³/mol. The Morgan fingerprint density at radius 1 is 1.00 bits per heavy atom. The molecule has 1 N–H and O–H groups in total. The number of pyridine rings is 1. The highest BCUT2D eigenvalue weighted by Crippen LogP contribution is 2.37. The number of aliphatic carboxylic acids is 1. The summed E-state index contributed by atoms with van der Waals surface area (Å²) in [4.78, 5) is 20.0. The van der Waals surface area contributed by atoms with Gasteiger partial charge in [-0.1, -0.05) is 57.0 Å². The van der Waals surface area contributed by atoms with Crippen LogP contribution in [0.2, 0.25) is 0 Å². The number of anilines is 1. The molecule has 6 nitrogen and oxygen atoms in total. The van der Waals surface area contributed by atoms with Gasteiger partial charge in [0.15, 0.2) is 6.10 Å². The first-order valence-electron chi connectivity index (χ1n) is 14.6. The lowest BCUT2D eigenvalue weighted by molar-refractivity contribution is -0.160. The fourth-order valence-corrected chi connectivity index (χ4v) is 5.16. The van der Waals surface area contributed by atoms with E-state index in [0.717, 1.165) is 78.2 Å². The molecule has 0 aliphatic heterocycles. The SMILES string of the molecule is CCCCN(CCCC)c1c([C@H](OC(C)(C)C)C(=O)O)c(C)cc2nc(-c3cccc(-c4cccc(F)c4)c3)cn12. The molecule has 0 fully saturated rings. The predicted octanol–water partition coefficient (Wildman–Crippen LogP) is 8.46. The van der Waals surface area contributed by atoms with Crippen molar-refractivity contribution in [2.75, 3.05) is 18.0 Å². The first kappa shape index (κ1) is 30.3. The number of fused-ring (bicyclic) bond motifs is 1. The van der Waals surface area contributed by atoms with Gasteiger partial charge in [0.1, 0.15) is 17.3 Å². The number of rotatable bonds is 12. The standard InChI is InChI=1S/C34H42FN3O3/c1-7-9-17-37(18-10-8-2)32-30(31(33(39)40)41-34(4,5)6)23(3)19-29-36-28(22-38(29)32)26-15-11-13-24(20-26)25-14-12-16-27(35)21-25/h11-16,19-22,31H,7-10,17-18H2,1-6H3,(H,39,40)/t31-/m0/s1. The van der Waals surface area contributed by atoms with Gasteiger partial charge >= 0.3 is 5.97 Å². The van der Waals surface area contributed by atoms with Crippen molar-refractivity contribution in [1.82, 2.24) is 9.38 Å². The zero-order valence-corrected chi connectivity index (χ0v) is 25.1. The van der Waals surface area contributed by atoms with Crippen molar-refractivity contribution in [2.24, 2.45) is 0 Å². The summed E-state index contributed by atoms with van der Waals surface area (Å²) < 4.78 is 22.2. The molecule has 0 saturated heterocycles. The van der Waals surface area contributed by atoms with Crippen LogP contribution >= 0.6 is 0 Å². The van der Waals surface area contributed by atoms with E-state index in [2.05, 4.69) is 18.7 Å². The zero-order chi connectivity index (χ0) is 29.7. The normalized spacial score (nSPS) is 12.6. The molecule has 4 aromatic rings. The summed E-state index contributed by atoms with van der Waals surface area (Å²) in [7, 11) is 0. The number of ether oxygens (including phenoxy) is 1. The molecule has 2 aromatic heterocycles. The molecule has 2 heterocycles. The van der Waals surface area contributed by atoms with Crippen LogP contribution in [0.3, 0.4) is 0 Å². The molecule has 0 saturated carbocycles. The Bertz CT molecular complexity index is 1500. The molecular weight excluding hydrogens is 517 g/mol. The minimum absolute atomic E-state index is 0.280. The van der Waals surface area contributed by atoms with Gasteiger partial charge in [0.05, 0.1) is 11.3 Å². The summed E-state index contributed by atoms with van der Waals surface area (Å²) in [6.07, 6.45) is 4.86. The molecule has 0 unspecified atom stereocenters. The van der Waals surface area contributed by atoms with Crippen molar-refractivity contribution < 1.29 is 19.0 Å². The van der Waals surface area contributed by atoms with E-state index in [1.165, 1.54) is 12.1 Å². The van der Waals surface area contributed by atoms with Crippen molar-refractivity contribution >= 4 is 17.4 Å². The van der Waals surface area contributed by atoms with Crippen LogP contribution < -0.4 is 4.90 Å². The number of benzene rings is 2. The Hall–Kier alpha value is -3.71. The minimum Gasteiger partial charge on any atom is -0.479 e. The molecule has 2 aromatic carbocycles. The van der Waals surface area contributed by atoms with Gasteiger partial charge in [-0.25, -0.2) is 14.2 Å². The lowest BCUT2D eigenvalue weighted by Crippen LogP contribution is -2.33. The van der Waals surface area contributed by atoms with E-state index in [1.807, 2.05) is 74.7 Å². The number of halogens is 1. The first-order chi connectivity index (χ1) is 19.5. The molecular formula is C34H42FN3O3. The minimum atomic E-state index is -1.14. The summed E-state index contributed by atoms with van der Waals surface area (Å²) in [5, 5.41) is 10.4. The van der Waals surface area contributed by atoms with Crippen LogP contribution in [-0.2, 0) is 9.53 Å². The molecule has 41 heavy (non-hydrogen) atoms. The second kappa shape index (κ2) is 12.9. The largest absolute Gasteiger partial charge is 0.479 e. The van der Waals surface area contributed by atoms with Crippen molar-refractivity contribution in [3.63, 3.8) is 0 Å². The number of carbonyl (C=O) groups is 1. The topological polar surface area (TPSA) is 67.1 Å². The lowest BCUT2D eigenvalue weighted by Gasteiger charge is -2.33. The maximum atomic E-state index is 13.9. The molecule has 0 radical (unpaired) electrons. The average molecular weight is 560 g/mol. The van der Waals surface area contributed by atoms with Crippen LogP contribution in [0.15, 0.2) is 60.8 Å². The Morgan fingerprint density at radius 2 is 1.61 bits per heavy atom. The Morgan fingerprint density at radius 3 is 2.20 bits per heavy atom. The summed E-state index contributed by atoms with van der Waals surface area (Å²) in [6.45, 7) is 13.5.